The van der Waals surface area contributed by atoms with Crippen molar-refractivity contribution in [3.63, 3.8) is 0 Å². The number of carbonyl (C=O) groups is 2. The van der Waals surface area contributed by atoms with Gasteiger partial charge in [0.1, 0.15) is 19.0 Å². The van der Waals surface area contributed by atoms with E-state index in [-0.39, 0.29) is 37.0 Å². The van der Waals surface area contributed by atoms with Crippen molar-refractivity contribution in [1.29, 1.82) is 0 Å². The third-order valence-corrected chi connectivity index (χ3v) is 3.61. The lowest BCUT2D eigenvalue weighted by Crippen LogP contribution is -2.38. The number of carbonyl (C=O) groups excluding carboxylic acids is 2. The van der Waals surface area contributed by atoms with Crippen molar-refractivity contribution in [1.82, 2.24) is 0 Å². The van der Waals surface area contributed by atoms with Gasteiger partial charge in [0.15, 0.2) is 11.6 Å². The zero-order valence-corrected chi connectivity index (χ0v) is 14.7. The minimum absolute atomic E-state index is 0.00794. The molecule has 0 N–H and O–H groups in total. The number of halogens is 1. The first-order valence-corrected chi connectivity index (χ1v) is 7.69. The fourth-order valence-corrected chi connectivity index (χ4v) is 2.36. The summed E-state index contributed by atoms with van der Waals surface area (Å²) in [4.78, 5) is 25.5. The van der Waals surface area contributed by atoms with Gasteiger partial charge < -0.3 is 28.6 Å². The van der Waals surface area contributed by atoms with E-state index in [0.717, 1.165) is 0 Å². The number of hydrogen-bond acceptors (Lipinski definition) is 8. The lowest BCUT2D eigenvalue weighted by molar-refractivity contribution is -0.140. The highest BCUT2D eigenvalue weighted by Crippen LogP contribution is 2.30. The van der Waals surface area contributed by atoms with Crippen molar-refractivity contribution in [3.8, 4) is 5.75 Å². The summed E-state index contributed by atoms with van der Waals surface area (Å²) in [5, 5.41) is 0. The van der Waals surface area contributed by atoms with Crippen LogP contribution < -0.4 is 9.64 Å². The van der Waals surface area contributed by atoms with Crippen molar-refractivity contribution in [2.24, 2.45) is 0 Å². The molecule has 0 bridgehead atoms. The van der Waals surface area contributed by atoms with Crippen LogP contribution in [0.1, 0.15) is 0 Å². The lowest BCUT2D eigenvalue weighted by atomic mass is 10.1. The van der Waals surface area contributed by atoms with E-state index in [4.69, 9.17) is 18.9 Å². The van der Waals surface area contributed by atoms with Gasteiger partial charge in [0, 0.05) is 18.9 Å². The molecule has 1 aromatic carbocycles. The predicted molar refractivity (Wildman–Crippen MR) is 88.1 cm³/mol. The lowest BCUT2D eigenvalue weighted by Gasteiger charge is -2.31. The van der Waals surface area contributed by atoms with Crippen LogP contribution in [-0.2, 0) is 28.5 Å². The first-order valence-electron chi connectivity index (χ1n) is 7.69. The normalized spacial score (nSPS) is 14.2. The number of rotatable bonds is 7. The number of ether oxygens (including phenoxy) is 5. The molecular formula is C17H20FNO7. The Kier molecular flexibility index (Phi) is 6.93. The van der Waals surface area contributed by atoms with Crippen molar-refractivity contribution in [2.75, 3.05) is 52.8 Å². The molecular weight excluding hydrogens is 349 g/mol. The fourth-order valence-electron chi connectivity index (χ4n) is 2.36. The molecule has 1 aromatic rings. The van der Waals surface area contributed by atoms with Crippen molar-refractivity contribution in [3.05, 3.63) is 35.3 Å². The molecule has 1 aliphatic heterocycles. The molecule has 0 unspecified atom stereocenters. The van der Waals surface area contributed by atoms with E-state index in [1.54, 1.807) is 0 Å². The van der Waals surface area contributed by atoms with Crippen LogP contribution in [0.15, 0.2) is 29.5 Å². The number of nitrogens with zero attached hydrogens (tertiary/aromatic N) is 1. The Labute approximate surface area is 150 Å². The Morgan fingerprint density at radius 1 is 1.15 bits per heavy atom. The van der Waals surface area contributed by atoms with Gasteiger partial charge in [-0.15, -0.1) is 0 Å². The van der Waals surface area contributed by atoms with E-state index in [1.807, 2.05) is 0 Å². The minimum Gasteiger partial charge on any atom is -0.488 e. The molecule has 0 saturated heterocycles. The fraction of sp³-hybridized carbons (Fsp3) is 0.412. The molecule has 0 saturated carbocycles. The SMILES string of the molecule is COCCOc1ccc(N2COCC(C(=O)OC)=C2C(=O)OC)cc1F. The summed E-state index contributed by atoms with van der Waals surface area (Å²) in [6.07, 6.45) is 0. The highest BCUT2D eigenvalue weighted by Gasteiger charge is 2.32. The maximum absolute atomic E-state index is 14.3. The van der Waals surface area contributed by atoms with Gasteiger partial charge in [-0.1, -0.05) is 0 Å². The number of esters is 2. The average molecular weight is 369 g/mol. The summed E-state index contributed by atoms with van der Waals surface area (Å²) in [6.45, 7) is 0.334. The van der Waals surface area contributed by atoms with Gasteiger partial charge in [-0.3, -0.25) is 0 Å². The maximum Gasteiger partial charge on any atom is 0.355 e. The third kappa shape index (κ3) is 4.30. The number of methoxy groups -OCH3 is 3. The Hall–Kier alpha value is -2.65. The van der Waals surface area contributed by atoms with Crippen LogP contribution in [-0.4, -0.2) is 59.8 Å². The molecule has 0 fully saturated rings. The van der Waals surface area contributed by atoms with E-state index in [1.165, 1.54) is 44.4 Å². The molecule has 0 aliphatic carbocycles. The number of hydrogen-bond donors (Lipinski definition) is 0. The minimum atomic E-state index is -0.755. The van der Waals surface area contributed by atoms with E-state index in [0.29, 0.717) is 12.3 Å². The van der Waals surface area contributed by atoms with Gasteiger partial charge in [-0.05, 0) is 12.1 Å². The summed E-state index contributed by atoms with van der Waals surface area (Å²) in [6, 6.07) is 4.13. The van der Waals surface area contributed by atoms with Crippen LogP contribution in [0.3, 0.4) is 0 Å². The second kappa shape index (κ2) is 9.16. The molecule has 8 nitrogen and oxygen atoms in total. The summed E-state index contributed by atoms with van der Waals surface area (Å²) in [5.41, 5.74) is 0.229. The molecule has 9 heteroatoms. The summed E-state index contributed by atoms with van der Waals surface area (Å²) in [7, 11) is 3.89. The summed E-state index contributed by atoms with van der Waals surface area (Å²) < 4.78 is 39.2. The number of anilines is 1. The summed E-state index contributed by atoms with van der Waals surface area (Å²) in [5.74, 6) is -2.07. The Bertz CT molecular complexity index is 704. The Morgan fingerprint density at radius 2 is 1.88 bits per heavy atom. The van der Waals surface area contributed by atoms with Crippen molar-refractivity contribution >= 4 is 17.6 Å². The predicted octanol–water partition coefficient (Wildman–Crippen LogP) is 1.25. The molecule has 26 heavy (non-hydrogen) atoms. The standard InChI is InChI=1S/C17H20FNO7/c1-22-6-7-26-14-5-4-11(8-13(14)18)19-10-25-9-12(16(20)23-2)15(19)17(21)24-3/h4-5,8H,6-7,9-10H2,1-3H3. The highest BCUT2D eigenvalue weighted by molar-refractivity contribution is 6.03. The van der Waals surface area contributed by atoms with Gasteiger partial charge in [0.2, 0.25) is 0 Å². The summed E-state index contributed by atoms with van der Waals surface area (Å²) >= 11 is 0. The van der Waals surface area contributed by atoms with Crippen LogP contribution in [0, 0.1) is 5.82 Å². The number of benzene rings is 1. The maximum atomic E-state index is 14.3. The van der Waals surface area contributed by atoms with Gasteiger partial charge >= 0.3 is 11.9 Å². The molecule has 1 aliphatic rings. The molecule has 0 aromatic heterocycles. The first-order chi connectivity index (χ1) is 12.5. The van der Waals surface area contributed by atoms with Crippen LogP contribution >= 0.6 is 0 Å². The average Bonchev–Trinajstić information content (AvgIpc) is 2.67. The van der Waals surface area contributed by atoms with Crippen LogP contribution in [0.4, 0.5) is 10.1 Å². The second-order valence-corrected chi connectivity index (χ2v) is 5.17. The molecule has 142 valence electrons. The molecule has 0 amide bonds. The highest BCUT2D eigenvalue weighted by atomic mass is 19.1. The van der Waals surface area contributed by atoms with E-state index in [9.17, 15) is 14.0 Å². The monoisotopic (exact) mass is 369 g/mol. The van der Waals surface area contributed by atoms with Crippen LogP contribution in [0.25, 0.3) is 0 Å². The zero-order valence-electron chi connectivity index (χ0n) is 14.7. The third-order valence-electron chi connectivity index (χ3n) is 3.61. The van der Waals surface area contributed by atoms with Crippen LogP contribution in [0.5, 0.6) is 5.75 Å². The van der Waals surface area contributed by atoms with Gasteiger partial charge in [0.05, 0.1) is 33.0 Å². The van der Waals surface area contributed by atoms with Crippen molar-refractivity contribution in [2.45, 2.75) is 0 Å². The molecule has 0 spiro atoms. The van der Waals surface area contributed by atoms with Crippen LogP contribution in [0.2, 0.25) is 0 Å². The molecule has 1 heterocycles. The van der Waals surface area contributed by atoms with Gasteiger partial charge in [-0.2, -0.15) is 0 Å². The second-order valence-electron chi connectivity index (χ2n) is 5.17. The van der Waals surface area contributed by atoms with Crippen molar-refractivity contribution < 1.29 is 37.7 Å². The molecule has 2 rings (SSSR count). The first kappa shape index (κ1) is 19.7. The Balaban J connectivity index is 2.37. The van der Waals surface area contributed by atoms with E-state index < -0.39 is 17.8 Å². The topological polar surface area (TPSA) is 83.5 Å². The van der Waals surface area contributed by atoms with E-state index >= 15 is 0 Å². The molecule has 0 atom stereocenters. The van der Waals surface area contributed by atoms with E-state index in [2.05, 4.69) is 4.74 Å². The largest absolute Gasteiger partial charge is 0.488 e. The molecule has 0 radical (unpaired) electrons. The van der Waals surface area contributed by atoms with Gasteiger partial charge in [-0.25, -0.2) is 14.0 Å². The quantitative estimate of drug-likeness (QED) is 0.525. The smallest absolute Gasteiger partial charge is 0.355 e. The zero-order chi connectivity index (χ0) is 19.1. The Morgan fingerprint density at radius 3 is 2.50 bits per heavy atom. The van der Waals surface area contributed by atoms with Gasteiger partial charge in [0.25, 0.3) is 0 Å².